The number of esters is 3. The molecule has 0 spiro atoms. The Morgan fingerprint density at radius 1 is 1.06 bits per heavy atom. The lowest BCUT2D eigenvalue weighted by molar-refractivity contribution is -0.166. The van der Waals surface area contributed by atoms with Crippen LogP contribution in [0.4, 0.5) is 0 Å². The first kappa shape index (κ1) is 27.3. The lowest BCUT2D eigenvalue weighted by Crippen LogP contribution is -2.40. The molecule has 0 aliphatic carbocycles. The quantitative estimate of drug-likeness (QED) is 0.173. The number of carbonyl (C=O) groups excluding carboxylic acids is 3. The molecule has 1 aliphatic rings. The van der Waals surface area contributed by atoms with E-state index in [0.29, 0.717) is 16.2 Å². The van der Waals surface area contributed by atoms with Crippen molar-refractivity contribution in [1.82, 2.24) is 25.0 Å². The summed E-state index contributed by atoms with van der Waals surface area (Å²) in [5.74, 6) is -1.76. The fraction of sp³-hybridized carbons (Fsp3) is 0.588. The van der Waals surface area contributed by atoms with Gasteiger partial charge < -0.3 is 18.9 Å². The number of fused-ring (bicyclic) bond motifs is 1. The van der Waals surface area contributed by atoms with Crippen molar-refractivity contribution in [3.8, 4) is 0 Å². The average molecular weight is 545 g/mol. The molecule has 1 aliphatic heterocycles. The molecular weight excluding hydrogens is 525 g/mol. The zero-order chi connectivity index (χ0) is 24.7. The highest BCUT2D eigenvalue weighted by atomic mass is 35.6. The van der Waals surface area contributed by atoms with Crippen molar-refractivity contribution in [3.63, 3.8) is 0 Å². The molecule has 12 nitrogen and oxygen atoms in total. The molecule has 4 unspecified atom stereocenters. The third-order valence-corrected chi connectivity index (χ3v) is 4.62. The number of aromatic nitrogens is 5. The standard InChI is InChI=1S/C16H19N5O7S.CHCl3/c1-7(22)25-5-10-12(26-8(2)23)13(27-9(3)24)16(28-10)21-19-11-14(20-21)17-6-18-15(11)29-4;2-1(3)4/h6,10,12-13,16H,5H2,1-4H3;1H. The summed E-state index contributed by atoms with van der Waals surface area (Å²) >= 11 is 15.8. The summed E-state index contributed by atoms with van der Waals surface area (Å²) in [4.78, 5) is 43.9. The topological polar surface area (TPSA) is 145 Å². The van der Waals surface area contributed by atoms with Crippen molar-refractivity contribution < 1.29 is 33.3 Å². The second-order valence-corrected chi connectivity index (χ2v) is 9.11. The summed E-state index contributed by atoms with van der Waals surface area (Å²) in [6, 6.07) is 0. The van der Waals surface area contributed by atoms with E-state index in [1.54, 1.807) is 0 Å². The SMILES string of the molecule is CSc1ncnc2nn(C3OC(COC(C)=O)C(OC(C)=O)C3OC(C)=O)nc12.ClC(Cl)Cl. The molecule has 0 bridgehead atoms. The number of hydrogen-bond acceptors (Lipinski definition) is 12. The maximum atomic E-state index is 11.7. The first-order valence-electron chi connectivity index (χ1n) is 9.20. The highest BCUT2D eigenvalue weighted by Gasteiger charge is 2.51. The first-order chi connectivity index (χ1) is 15.5. The van der Waals surface area contributed by atoms with Crippen LogP contribution in [-0.4, -0.2) is 78.3 Å². The van der Waals surface area contributed by atoms with Crippen LogP contribution in [0.15, 0.2) is 11.4 Å². The van der Waals surface area contributed by atoms with E-state index in [4.69, 9.17) is 53.8 Å². The lowest BCUT2D eigenvalue weighted by Gasteiger charge is -2.22. The van der Waals surface area contributed by atoms with Gasteiger partial charge in [-0.05, 0) is 6.26 Å². The van der Waals surface area contributed by atoms with Gasteiger partial charge in [0.25, 0.3) is 0 Å². The Kier molecular flexibility index (Phi) is 10.4. The minimum absolute atomic E-state index is 0.210. The van der Waals surface area contributed by atoms with Crippen molar-refractivity contribution >= 4 is 75.6 Å². The number of hydrogen-bond donors (Lipinski definition) is 0. The van der Waals surface area contributed by atoms with Gasteiger partial charge >= 0.3 is 17.9 Å². The molecule has 33 heavy (non-hydrogen) atoms. The second kappa shape index (κ2) is 12.5. The van der Waals surface area contributed by atoms with Crippen LogP contribution in [0.5, 0.6) is 0 Å². The van der Waals surface area contributed by atoms with Gasteiger partial charge in [-0.3, -0.25) is 14.4 Å². The Morgan fingerprint density at radius 3 is 2.21 bits per heavy atom. The highest BCUT2D eigenvalue weighted by molar-refractivity contribution is 7.98. The molecule has 2 aromatic rings. The van der Waals surface area contributed by atoms with Gasteiger partial charge in [-0.1, -0.05) is 34.8 Å². The van der Waals surface area contributed by atoms with Crippen LogP contribution in [0.3, 0.4) is 0 Å². The van der Waals surface area contributed by atoms with Crippen molar-refractivity contribution in [2.75, 3.05) is 12.9 Å². The van der Waals surface area contributed by atoms with Crippen LogP contribution in [-0.2, 0) is 33.3 Å². The largest absolute Gasteiger partial charge is 0.463 e. The summed E-state index contributed by atoms with van der Waals surface area (Å²) in [5.41, 5.74) is 0.764. The van der Waals surface area contributed by atoms with E-state index in [1.807, 2.05) is 6.26 Å². The van der Waals surface area contributed by atoms with E-state index in [1.165, 1.54) is 43.7 Å². The molecule has 1 fully saturated rings. The number of rotatable bonds is 6. The van der Waals surface area contributed by atoms with Crippen molar-refractivity contribution in [2.45, 2.75) is 54.6 Å². The Balaban J connectivity index is 0.000000890. The maximum Gasteiger partial charge on any atom is 0.303 e. The second-order valence-electron chi connectivity index (χ2n) is 6.34. The highest BCUT2D eigenvalue weighted by Crippen LogP contribution is 2.34. The molecule has 0 N–H and O–H groups in total. The van der Waals surface area contributed by atoms with Gasteiger partial charge in [0, 0.05) is 20.8 Å². The third kappa shape index (κ3) is 7.81. The summed E-state index contributed by atoms with van der Waals surface area (Å²) in [6.07, 6.45) is -0.826. The first-order valence-corrected chi connectivity index (χ1v) is 11.7. The maximum absolute atomic E-state index is 11.7. The van der Waals surface area contributed by atoms with Gasteiger partial charge in [0.15, 0.2) is 22.0 Å². The van der Waals surface area contributed by atoms with Crippen LogP contribution < -0.4 is 0 Å². The van der Waals surface area contributed by atoms with Crippen LogP contribution in [0.2, 0.25) is 0 Å². The lowest BCUT2D eigenvalue weighted by atomic mass is 10.1. The van der Waals surface area contributed by atoms with E-state index < -0.39 is 46.7 Å². The Hall–Kier alpha value is -1.93. The van der Waals surface area contributed by atoms with Gasteiger partial charge in [0.2, 0.25) is 11.9 Å². The molecule has 182 valence electrons. The van der Waals surface area contributed by atoms with Gasteiger partial charge in [0.1, 0.15) is 24.1 Å². The van der Waals surface area contributed by atoms with Gasteiger partial charge in [-0.2, -0.15) is 0 Å². The fourth-order valence-corrected chi connectivity index (χ4v) is 3.36. The summed E-state index contributed by atoms with van der Waals surface area (Å²) in [5, 5.41) is 9.25. The molecule has 1 saturated heterocycles. The molecule has 4 atom stereocenters. The zero-order valence-electron chi connectivity index (χ0n) is 17.8. The Labute approximate surface area is 207 Å². The van der Waals surface area contributed by atoms with Crippen LogP contribution >= 0.6 is 46.6 Å². The zero-order valence-corrected chi connectivity index (χ0v) is 20.9. The molecule has 16 heteroatoms. The summed E-state index contributed by atoms with van der Waals surface area (Å²) in [7, 11) is 0. The van der Waals surface area contributed by atoms with E-state index in [-0.39, 0.29) is 6.61 Å². The number of nitrogens with zero attached hydrogens (tertiary/aromatic N) is 5. The molecule has 0 aromatic carbocycles. The van der Waals surface area contributed by atoms with Crippen molar-refractivity contribution in [2.24, 2.45) is 0 Å². The Bertz CT molecular complexity index is 992. The molecule has 2 aromatic heterocycles. The number of ether oxygens (including phenoxy) is 4. The number of halogens is 3. The van der Waals surface area contributed by atoms with Gasteiger partial charge in [-0.25, -0.2) is 9.97 Å². The van der Waals surface area contributed by atoms with Crippen LogP contribution in [0.1, 0.15) is 27.0 Å². The number of alkyl halides is 3. The predicted molar refractivity (Wildman–Crippen MR) is 118 cm³/mol. The van der Waals surface area contributed by atoms with Gasteiger partial charge in [-0.15, -0.1) is 26.8 Å². The minimum atomic E-state index is -1.07. The van der Waals surface area contributed by atoms with E-state index in [9.17, 15) is 14.4 Å². The minimum Gasteiger partial charge on any atom is -0.463 e. The van der Waals surface area contributed by atoms with Crippen molar-refractivity contribution in [1.29, 1.82) is 0 Å². The summed E-state index contributed by atoms with van der Waals surface area (Å²) < 4.78 is 20.8. The molecule has 3 rings (SSSR count). The summed E-state index contributed by atoms with van der Waals surface area (Å²) in [6.45, 7) is 3.45. The number of thioether (sulfide) groups is 1. The third-order valence-electron chi connectivity index (χ3n) is 3.93. The average Bonchev–Trinajstić information content (AvgIpc) is 3.27. The Morgan fingerprint density at radius 2 is 1.67 bits per heavy atom. The van der Waals surface area contributed by atoms with E-state index in [2.05, 4.69) is 20.2 Å². The molecule has 0 saturated carbocycles. The number of carbonyl (C=O) groups is 3. The van der Waals surface area contributed by atoms with E-state index in [0.717, 1.165) is 0 Å². The van der Waals surface area contributed by atoms with Crippen LogP contribution in [0, 0.1) is 0 Å². The molecule has 3 heterocycles. The monoisotopic (exact) mass is 543 g/mol. The van der Waals surface area contributed by atoms with Crippen LogP contribution in [0.25, 0.3) is 11.2 Å². The van der Waals surface area contributed by atoms with Gasteiger partial charge in [0.05, 0.1) is 0 Å². The smallest absolute Gasteiger partial charge is 0.303 e. The molecule has 0 amide bonds. The van der Waals surface area contributed by atoms with E-state index >= 15 is 0 Å². The predicted octanol–water partition coefficient (Wildman–Crippen LogP) is 2.25. The van der Waals surface area contributed by atoms with Crippen molar-refractivity contribution in [3.05, 3.63) is 6.33 Å². The molecular formula is C17H20Cl3N5O7S. The molecule has 0 radical (unpaired) electrons. The fourth-order valence-electron chi connectivity index (χ4n) is 2.88. The normalized spacial score (nSPS) is 21.9.